The van der Waals surface area contributed by atoms with Crippen molar-refractivity contribution in [1.82, 2.24) is 9.62 Å². The lowest BCUT2D eigenvalue weighted by molar-refractivity contribution is -0.123. The van der Waals surface area contributed by atoms with Crippen LogP contribution in [-0.2, 0) is 19.6 Å². The number of amides is 3. The van der Waals surface area contributed by atoms with Gasteiger partial charge in [0.2, 0.25) is 10.0 Å². The molecule has 1 aromatic carbocycles. The molecular formula is C14H18FN3O6S. The lowest BCUT2D eigenvalue weighted by Gasteiger charge is -2.19. The minimum absolute atomic E-state index is 0.125. The number of rotatable bonds is 7. The molecule has 0 spiro atoms. The molecule has 0 fully saturated rings. The summed E-state index contributed by atoms with van der Waals surface area (Å²) in [5.41, 5.74) is 4.46. The zero-order valence-corrected chi connectivity index (χ0v) is 14.4. The number of urea groups is 1. The van der Waals surface area contributed by atoms with Crippen LogP contribution in [-0.4, -0.2) is 50.3 Å². The fourth-order valence-electron chi connectivity index (χ4n) is 1.92. The van der Waals surface area contributed by atoms with Crippen molar-refractivity contribution in [2.75, 3.05) is 19.7 Å². The summed E-state index contributed by atoms with van der Waals surface area (Å²) in [4.78, 5) is 32.9. The van der Waals surface area contributed by atoms with E-state index in [4.69, 9.17) is 5.73 Å². The zero-order chi connectivity index (χ0) is 19.2. The fraction of sp³-hybridized carbons (Fsp3) is 0.357. The van der Waals surface area contributed by atoms with Crippen LogP contribution in [0.2, 0.25) is 0 Å². The molecule has 1 aromatic rings. The molecule has 0 aliphatic rings. The molecule has 0 unspecified atom stereocenters. The second-order valence-electron chi connectivity index (χ2n) is 4.72. The number of esters is 1. The minimum atomic E-state index is -4.12. The highest BCUT2D eigenvalue weighted by Gasteiger charge is 2.26. The Balaban J connectivity index is 3.03. The lowest BCUT2D eigenvalue weighted by atomic mass is 10.2. The zero-order valence-electron chi connectivity index (χ0n) is 13.6. The van der Waals surface area contributed by atoms with E-state index in [-0.39, 0.29) is 18.7 Å². The van der Waals surface area contributed by atoms with Gasteiger partial charge in [0.1, 0.15) is 10.7 Å². The summed E-state index contributed by atoms with van der Waals surface area (Å²) >= 11 is 0. The smallest absolute Gasteiger partial charge is 0.338 e. The first-order chi connectivity index (χ1) is 11.6. The molecule has 25 heavy (non-hydrogen) atoms. The van der Waals surface area contributed by atoms with E-state index in [1.165, 1.54) is 0 Å². The topological polar surface area (TPSA) is 136 Å². The van der Waals surface area contributed by atoms with E-state index in [2.05, 4.69) is 4.74 Å². The highest BCUT2D eigenvalue weighted by molar-refractivity contribution is 7.89. The number of benzene rings is 1. The van der Waals surface area contributed by atoms with Crippen LogP contribution < -0.4 is 11.1 Å². The second-order valence-corrected chi connectivity index (χ2v) is 6.63. The van der Waals surface area contributed by atoms with Gasteiger partial charge in [-0.2, -0.15) is 4.31 Å². The Kier molecular flexibility index (Phi) is 7.00. The second kappa shape index (κ2) is 8.53. The SMILES string of the molecule is CCN(CC)S(=O)(=O)c1cc(C(=O)OCC(=O)NC(N)=O)ccc1F. The Morgan fingerprint density at radius 1 is 1.24 bits per heavy atom. The van der Waals surface area contributed by atoms with Gasteiger partial charge in [0, 0.05) is 13.1 Å². The molecular weight excluding hydrogens is 357 g/mol. The lowest BCUT2D eigenvalue weighted by Crippen LogP contribution is -2.37. The van der Waals surface area contributed by atoms with Crippen LogP contribution in [0.4, 0.5) is 9.18 Å². The minimum Gasteiger partial charge on any atom is -0.452 e. The largest absolute Gasteiger partial charge is 0.452 e. The molecule has 0 atom stereocenters. The molecule has 0 saturated heterocycles. The molecule has 0 aliphatic carbocycles. The Labute approximate surface area is 144 Å². The number of nitrogens with one attached hydrogen (secondary N) is 1. The predicted molar refractivity (Wildman–Crippen MR) is 84.5 cm³/mol. The summed E-state index contributed by atoms with van der Waals surface area (Å²) in [7, 11) is -4.12. The number of imide groups is 1. The van der Waals surface area contributed by atoms with Crippen LogP contribution in [0.5, 0.6) is 0 Å². The molecule has 0 radical (unpaired) electrons. The van der Waals surface area contributed by atoms with Crippen LogP contribution in [0.3, 0.4) is 0 Å². The van der Waals surface area contributed by atoms with Crippen LogP contribution in [0.1, 0.15) is 24.2 Å². The Morgan fingerprint density at radius 3 is 2.36 bits per heavy atom. The first-order valence-corrected chi connectivity index (χ1v) is 8.63. The molecule has 0 aliphatic heterocycles. The van der Waals surface area contributed by atoms with Crippen molar-refractivity contribution in [3.63, 3.8) is 0 Å². The molecule has 0 aromatic heterocycles. The van der Waals surface area contributed by atoms with E-state index in [0.29, 0.717) is 0 Å². The average Bonchev–Trinajstić information content (AvgIpc) is 2.53. The number of hydrogen-bond acceptors (Lipinski definition) is 6. The third-order valence-electron chi connectivity index (χ3n) is 3.09. The number of ether oxygens (including phenoxy) is 1. The number of nitrogens with two attached hydrogens (primary N) is 1. The first kappa shape index (κ1) is 20.5. The van der Waals surface area contributed by atoms with Crippen molar-refractivity contribution in [2.45, 2.75) is 18.7 Å². The molecule has 0 heterocycles. The van der Waals surface area contributed by atoms with Crippen molar-refractivity contribution in [3.05, 3.63) is 29.6 Å². The van der Waals surface area contributed by atoms with Gasteiger partial charge in [0.05, 0.1) is 5.56 Å². The van der Waals surface area contributed by atoms with Crippen LogP contribution in [0, 0.1) is 5.82 Å². The standard InChI is InChI=1S/C14H18FN3O6S/c1-3-18(4-2)25(22,23)11-7-9(5-6-10(11)15)13(20)24-8-12(19)17-14(16)21/h5-7H,3-4,8H2,1-2H3,(H3,16,17,19,21). The van der Waals surface area contributed by atoms with Gasteiger partial charge < -0.3 is 10.5 Å². The number of primary amides is 1. The highest BCUT2D eigenvalue weighted by atomic mass is 32.2. The highest BCUT2D eigenvalue weighted by Crippen LogP contribution is 2.21. The number of halogens is 1. The van der Waals surface area contributed by atoms with Crippen LogP contribution in [0.15, 0.2) is 23.1 Å². The van der Waals surface area contributed by atoms with Crippen molar-refractivity contribution in [3.8, 4) is 0 Å². The van der Waals surface area contributed by atoms with Crippen molar-refractivity contribution < 1.29 is 31.9 Å². The monoisotopic (exact) mass is 375 g/mol. The molecule has 0 saturated carbocycles. The van der Waals surface area contributed by atoms with E-state index in [0.717, 1.165) is 22.5 Å². The van der Waals surface area contributed by atoms with Gasteiger partial charge in [-0.1, -0.05) is 13.8 Å². The Hall–Kier alpha value is -2.53. The molecule has 11 heteroatoms. The molecule has 1 rings (SSSR count). The van der Waals surface area contributed by atoms with Gasteiger partial charge in [-0.05, 0) is 18.2 Å². The molecule has 3 amide bonds. The van der Waals surface area contributed by atoms with E-state index in [1.54, 1.807) is 19.2 Å². The molecule has 0 bridgehead atoms. The maximum Gasteiger partial charge on any atom is 0.338 e. The van der Waals surface area contributed by atoms with E-state index < -0.39 is 45.3 Å². The summed E-state index contributed by atoms with van der Waals surface area (Å²) in [5, 5.41) is 1.68. The van der Waals surface area contributed by atoms with Crippen LogP contribution in [0.25, 0.3) is 0 Å². The fourth-order valence-corrected chi connectivity index (χ4v) is 3.47. The Bertz CT molecular complexity index is 777. The molecule has 9 nitrogen and oxygen atoms in total. The number of sulfonamides is 1. The van der Waals surface area contributed by atoms with Gasteiger partial charge in [0.15, 0.2) is 6.61 Å². The summed E-state index contributed by atoms with van der Waals surface area (Å²) < 4.78 is 44.4. The van der Waals surface area contributed by atoms with E-state index >= 15 is 0 Å². The third-order valence-corrected chi connectivity index (χ3v) is 5.15. The number of nitrogens with zero attached hydrogens (tertiary/aromatic N) is 1. The first-order valence-electron chi connectivity index (χ1n) is 7.19. The van der Waals surface area contributed by atoms with E-state index in [1.807, 2.05) is 0 Å². The predicted octanol–water partition coefficient (Wildman–Crippen LogP) is 0.208. The quantitative estimate of drug-likeness (QED) is 0.654. The third kappa shape index (κ3) is 5.22. The summed E-state index contributed by atoms with van der Waals surface area (Å²) in [6, 6.07) is 1.55. The van der Waals surface area contributed by atoms with Gasteiger partial charge in [-0.15, -0.1) is 0 Å². The Morgan fingerprint density at radius 2 is 1.84 bits per heavy atom. The van der Waals surface area contributed by atoms with Crippen molar-refractivity contribution >= 4 is 27.9 Å². The normalized spacial score (nSPS) is 11.2. The summed E-state index contributed by atoms with van der Waals surface area (Å²) in [6.45, 7) is 2.63. The van der Waals surface area contributed by atoms with Crippen molar-refractivity contribution in [1.29, 1.82) is 0 Å². The van der Waals surface area contributed by atoms with Gasteiger partial charge >= 0.3 is 12.0 Å². The van der Waals surface area contributed by atoms with Crippen molar-refractivity contribution in [2.24, 2.45) is 5.73 Å². The maximum atomic E-state index is 13.9. The van der Waals surface area contributed by atoms with Crippen LogP contribution >= 0.6 is 0 Å². The number of carbonyl (C=O) groups is 3. The summed E-state index contributed by atoms with van der Waals surface area (Å²) in [6.07, 6.45) is 0. The van der Waals surface area contributed by atoms with Gasteiger partial charge in [-0.25, -0.2) is 22.4 Å². The van der Waals surface area contributed by atoms with Gasteiger partial charge in [0.25, 0.3) is 5.91 Å². The average molecular weight is 375 g/mol. The number of carbonyl (C=O) groups excluding carboxylic acids is 3. The maximum absolute atomic E-state index is 13.9. The molecule has 3 N–H and O–H groups in total. The molecule has 138 valence electrons. The number of hydrogen-bond donors (Lipinski definition) is 2. The summed E-state index contributed by atoms with van der Waals surface area (Å²) in [5.74, 6) is -3.04. The van der Waals surface area contributed by atoms with Gasteiger partial charge in [-0.3, -0.25) is 10.1 Å². The van der Waals surface area contributed by atoms with E-state index in [9.17, 15) is 27.2 Å².